The third-order valence-corrected chi connectivity index (χ3v) is 6.02. The van der Waals surface area contributed by atoms with E-state index in [-0.39, 0.29) is 5.92 Å². The highest BCUT2D eigenvalue weighted by atomic mass is 35.5. The molecule has 0 bridgehead atoms. The lowest BCUT2D eigenvalue weighted by Gasteiger charge is -2.36. The van der Waals surface area contributed by atoms with E-state index in [0.717, 1.165) is 62.6 Å². The molecular formula is C22H25ClN2O. The molecule has 1 amide bonds. The zero-order chi connectivity index (χ0) is 17.9. The Morgan fingerprint density at radius 3 is 2.65 bits per heavy atom. The molecule has 136 valence electrons. The normalized spacial score (nSPS) is 20.7. The van der Waals surface area contributed by atoms with Crippen molar-refractivity contribution in [2.24, 2.45) is 5.92 Å². The summed E-state index contributed by atoms with van der Waals surface area (Å²) in [5.74, 6) is 0.430. The molecule has 0 radical (unpaired) electrons. The summed E-state index contributed by atoms with van der Waals surface area (Å²) in [7, 11) is 0. The molecule has 2 heterocycles. The van der Waals surface area contributed by atoms with Crippen molar-refractivity contribution in [3.05, 3.63) is 70.2 Å². The van der Waals surface area contributed by atoms with Crippen LogP contribution in [0, 0.1) is 5.92 Å². The number of halogens is 1. The SMILES string of the molecule is O=C(C1CCCN(Cc2ccccc2Cl)C1)N1CCc2ccccc2C1. The van der Waals surface area contributed by atoms with E-state index in [2.05, 4.69) is 40.1 Å². The van der Waals surface area contributed by atoms with Gasteiger partial charge in [-0.15, -0.1) is 0 Å². The van der Waals surface area contributed by atoms with Crippen LogP contribution in [0.1, 0.15) is 29.5 Å². The van der Waals surface area contributed by atoms with E-state index in [9.17, 15) is 4.79 Å². The minimum atomic E-state index is 0.108. The molecule has 0 aromatic heterocycles. The van der Waals surface area contributed by atoms with Crippen LogP contribution < -0.4 is 0 Å². The van der Waals surface area contributed by atoms with Crippen molar-refractivity contribution < 1.29 is 4.79 Å². The summed E-state index contributed by atoms with van der Waals surface area (Å²) in [6.45, 7) is 4.30. The Labute approximate surface area is 160 Å². The third kappa shape index (κ3) is 3.79. The predicted molar refractivity (Wildman–Crippen MR) is 105 cm³/mol. The van der Waals surface area contributed by atoms with Crippen molar-refractivity contribution in [1.82, 2.24) is 9.80 Å². The quantitative estimate of drug-likeness (QED) is 0.813. The van der Waals surface area contributed by atoms with E-state index >= 15 is 0 Å². The topological polar surface area (TPSA) is 23.6 Å². The molecule has 2 aromatic rings. The summed E-state index contributed by atoms with van der Waals surface area (Å²) in [6, 6.07) is 16.5. The zero-order valence-electron chi connectivity index (χ0n) is 15.0. The van der Waals surface area contributed by atoms with Crippen LogP contribution in [0.25, 0.3) is 0 Å². The van der Waals surface area contributed by atoms with E-state index < -0.39 is 0 Å². The highest BCUT2D eigenvalue weighted by Crippen LogP contribution is 2.26. The number of benzene rings is 2. The Kier molecular flexibility index (Phi) is 5.28. The second-order valence-corrected chi connectivity index (χ2v) is 7.85. The summed E-state index contributed by atoms with van der Waals surface area (Å²) < 4.78 is 0. The number of likely N-dealkylation sites (tertiary alicyclic amines) is 1. The van der Waals surface area contributed by atoms with Gasteiger partial charge in [-0.3, -0.25) is 9.69 Å². The average Bonchev–Trinajstić information content (AvgIpc) is 2.69. The molecule has 26 heavy (non-hydrogen) atoms. The first-order valence-electron chi connectivity index (χ1n) is 9.52. The smallest absolute Gasteiger partial charge is 0.227 e. The second-order valence-electron chi connectivity index (χ2n) is 7.44. The molecular weight excluding hydrogens is 344 g/mol. The van der Waals surface area contributed by atoms with Crippen LogP contribution in [-0.2, 0) is 24.3 Å². The van der Waals surface area contributed by atoms with E-state index in [4.69, 9.17) is 11.6 Å². The maximum atomic E-state index is 13.1. The van der Waals surface area contributed by atoms with Crippen LogP contribution in [0.5, 0.6) is 0 Å². The van der Waals surface area contributed by atoms with Crippen LogP contribution in [0.3, 0.4) is 0 Å². The molecule has 0 aliphatic carbocycles. The molecule has 1 atom stereocenters. The van der Waals surface area contributed by atoms with Gasteiger partial charge in [0, 0.05) is 31.2 Å². The minimum absolute atomic E-state index is 0.108. The molecule has 0 saturated carbocycles. The summed E-state index contributed by atoms with van der Waals surface area (Å²) in [5, 5.41) is 0.814. The highest BCUT2D eigenvalue weighted by molar-refractivity contribution is 6.31. The Hall–Kier alpha value is -1.84. The molecule has 2 aliphatic heterocycles. The zero-order valence-corrected chi connectivity index (χ0v) is 15.8. The fraction of sp³-hybridized carbons (Fsp3) is 0.409. The van der Waals surface area contributed by atoms with Gasteiger partial charge in [0.2, 0.25) is 5.91 Å². The first-order chi connectivity index (χ1) is 12.7. The average molecular weight is 369 g/mol. The monoisotopic (exact) mass is 368 g/mol. The lowest BCUT2D eigenvalue weighted by molar-refractivity contribution is -0.138. The Bertz CT molecular complexity index is 791. The molecule has 4 heteroatoms. The van der Waals surface area contributed by atoms with Gasteiger partial charge in [0.15, 0.2) is 0 Å². The van der Waals surface area contributed by atoms with Crippen molar-refractivity contribution in [3.8, 4) is 0 Å². The van der Waals surface area contributed by atoms with E-state index in [1.165, 1.54) is 11.1 Å². The Morgan fingerprint density at radius 1 is 1.04 bits per heavy atom. The maximum absolute atomic E-state index is 13.1. The lowest BCUT2D eigenvalue weighted by Crippen LogP contribution is -2.46. The van der Waals surface area contributed by atoms with Crippen molar-refractivity contribution >= 4 is 17.5 Å². The number of hydrogen-bond donors (Lipinski definition) is 0. The summed E-state index contributed by atoms with van der Waals surface area (Å²) in [4.78, 5) is 17.5. The fourth-order valence-corrected chi connectivity index (χ4v) is 4.41. The van der Waals surface area contributed by atoms with Gasteiger partial charge in [0.25, 0.3) is 0 Å². The molecule has 1 unspecified atom stereocenters. The fourth-order valence-electron chi connectivity index (χ4n) is 4.21. The molecule has 4 rings (SSSR count). The summed E-state index contributed by atoms with van der Waals surface area (Å²) >= 11 is 6.31. The van der Waals surface area contributed by atoms with Crippen molar-refractivity contribution in [2.45, 2.75) is 32.4 Å². The van der Waals surface area contributed by atoms with Crippen molar-refractivity contribution in [2.75, 3.05) is 19.6 Å². The van der Waals surface area contributed by atoms with Gasteiger partial charge in [-0.05, 0) is 48.6 Å². The standard InChI is InChI=1S/C22H25ClN2O/c23-21-10-4-3-8-19(21)14-24-12-5-9-20(15-24)22(26)25-13-11-17-6-1-2-7-18(17)16-25/h1-4,6-8,10,20H,5,9,11-16H2. The van der Waals surface area contributed by atoms with Crippen molar-refractivity contribution in [1.29, 1.82) is 0 Å². The first-order valence-corrected chi connectivity index (χ1v) is 9.90. The molecule has 1 fully saturated rings. The van der Waals surface area contributed by atoms with Gasteiger partial charge in [0.1, 0.15) is 0 Å². The van der Waals surface area contributed by atoms with Crippen LogP contribution in [0.15, 0.2) is 48.5 Å². The van der Waals surface area contributed by atoms with E-state index in [1.54, 1.807) is 0 Å². The number of carbonyl (C=O) groups excluding carboxylic acids is 1. The van der Waals surface area contributed by atoms with Crippen LogP contribution in [0.4, 0.5) is 0 Å². The maximum Gasteiger partial charge on any atom is 0.227 e. The Balaban J connectivity index is 1.40. The third-order valence-electron chi connectivity index (χ3n) is 5.65. The van der Waals surface area contributed by atoms with Crippen LogP contribution in [-0.4, -0.2) is 35.3 Å². The molecule has 2 aliphatic rings. The largest absolute Gasteiger partial charge is 0.338 e. The molecule has 0 spiro atoms. The number of piperidine rings is 1. The summed E-state index contributed by atoms with van der Waals surface area (Å²) in [5.41, 5.74) is 3.84. The highest BCUT2D eigenvalue weighted by Gasteiger charge is 2.31. The second kappa shape index (κ2) is 7.81. The number of hydrogen-bond acceptors (Lipinski definition) is 2. The van der Waals surface area contributed by atoms with Gasteiger partial charge in [-0.2, -0.15) is 0 Å². The molecule has 0 N–H and O–H groups in total. The summed E-state index contributed by atoms with van der Waals surface area (Å²) in [6.07, 6.45) is 3.04. The van der Waals surface area contributed by atoms with Gasteiger partial charge >= 0.3 is 0 Å². The Morgan fingerprint density at radius 2 is 1.81 bits per heavy atom. The van der Waals surface area contributed by atoms with Gasteiger partial charge in [-0.25, -0.2) is 0 Å². The minimum Gasteiger partial charge on any atom is -0.338 e. The van der Waals surface area contributed by atoms with Crippen LogP contribution >= 0.6 is 11.6 Å². The number of fused-ring (bicyclic) bond motifs is 1. The molecule has 1 saturated heterocycles. The number of nitrogens with zero attached hydrogens (tertiary/aromatic N) is 2. The number of rotatable bonds is 3. The van der Waals surface area contributed by atoms with Gasteiger partial charge in [-0.1, -0.05) is 54.1 Å². The first kappa shape index (κ1) is 17.6. The van der Waals surface area contributed by atoms with E-state index in [1.807, 2.05) is 18.2 Å². The van der Waals surface area contributed by atoms with Crippen molar-refractivity contribution in [3.63, 3.8) is 0 Å². The lowest BCUT2D eigenvalue weighted by atomic mass is 9.93. The number of carbonyl (C=O) groups is 1. The molecule has 3 nitrogen and oxygen atoms in total. The van der Waals surface area contributed by atoms with Crippen LogP contribution in [0.2, 0.25) is 5.02 Å². The molecule has 2 aromatic carbocycles. The van der Waals surface area contributed by atoms with E-state index in [0.29, 0.717) is 5.91 Å². The van der Waals surface area contributed by atoms with Gasteiger partial charge in [0.05, 0.1) is 5.92 Å². The van der Waals surface area contributed by atoms with Gasteiger partial charge < -0.3 is 4.90 Å². The number of amides is 1. The predicted octanol–water partition coefficient (Wildman–Crippen LogP) is 4.14.